The Kier molecular flexibility index (Phi) is 6.26. The fourth-order valence-electron chi connectivity index (χ4n) is 3.57. The van der Waals surface area contributed by atoms with E-state index in [-0.39, 0.29) is 12.4 Å². The molecule has 0 radical (unpaired) electrons. The number of carbonyl (C=O) groups excluding carboxylic acids is 1. The van der Waals surface area contributed by atoms with E-state index in [9.17, 15) is 9.18 Å². The van der Waals surface area contributed by atoms with Crippen LogP contribution in [-0.2, 0) is 4.79 Å². The molecule has 0 unspecified atom stereocenters. The Morgan fingerprint density at radius 1 is 1.16 bits per heavy atom. The third kappa shape index (κ3) is 4.74. The topological polar surface area (TPSA) is 71.8 Å². The molecule has 0 bridgehead atoms. The maximum atomic E-state index is 13.6. The number of rotatable bonds is 7. The molecule has 1 amide bonds. The zero-order valence-corrected chi connectivity index (χ0v) is 17.3. The van der Waals surface area contributed by atoms with Crippen LogP contribution < -0.4 is 15.1 Å². The fraction of sp³-hybridized carbons (Fsp3) is 0.261. The maximum Gasteiger partial charge on any atom is 0.277 e. The van der Waals surface area contributed by atoms with Gasteiger partial charge >= 0.3 is 0 Å². The number of para-hydroxylation sites is 2. The average molecular weight is 421 g/mol. The van der Waals surface area contributed by atoms with Gasteiger partial charge in [-0.3, -0.25) is 4.79 Å². The van der Waals surface area contributed by atoms with Crippen molar-refractivity contribution in [1.82, 2.24) is 15.2 Å². The van der Waals surface area contributed by atoms with Crippen molar-refractivity contribution in [2.75, 3.05) is 24.6 Å². The quantitative estimate of drug-likeness (QED) is 0.469. The van der Waals surface area contributed by atoms with E-state index in [0.717, 1.165) is 48.7 Å². The molecule has 0 spiro atoms. The molecule has 3 aromatic rings. The van der Waals surface area contributed by atoms with E-state index in [4.69, 9.17) is 9.84 Å². The molecule has 8 heteroatoms. The van der Waals surface area contributed by atoms with Gasteiger partial charge in [0, 0.05) is 13.1 Å². The summed E-state index contributed by atoms with van der Waals surface area (Å²) >= 11 is 0. The lowest BCUT2D eigenvalue weighted by atomic mass is 10.2. The minimum Gasteiger partial charge on any atom is -0.481 e. The number of aromatic nitrogens is 2. The van der Waals surface area contributed by atoms with Crippen molar-refractivity contribution in [2.24, 2.45) is 5.10 Å². The van der Waals surface area contributed by atoms with E-state index in [1.165, 1.54) is 12.1 Å². The molecular weight excluding hydrogens is 397 g/mol. The standard InChI is InChI=1S/C23H24FN5O2/c1-17-19(15-25-26-22(30)16-31-21-12-6-5-11-20(21)24)23(28-13-7-8-14-28)29(27-17)18-9-3-2-4-10-18/h2-6,9-12,15H,7-8,13-14,16H2,1H3,(H,26,30). The van der Waals surface area contributed by atoms with Crippen LogP contribution in [0, 0.1) is 12.7 Å². The molecule has 1 saturated heterocycles. The number of ether oxygens (including phenoxy) is 1. The van der Waals surface area contributed by atoms with Gasteiger partial charge in [-0.25, -0.2) is 14.5 Å². The van der Waals surface area contributed by atoms with E-state index in [1.54, 1.807) is 18.3 Å². The predicted molar refractivity (Wildman–Crippen MR) is 117 cm³/mol. The molecule has 160 valence electrons. The summed E-state index contributed by atoms with van der Waals surface area (Å²) in [6.45, 7) is 3.48. The monoisotopic (exact) mass is 421 g/mol. The number of carbonyl (C=O) groups is 1. The SMILES string of the molecule is Cc1nn(-c2ccccc2)c(N2CCCC2)c1C=NNC(=O)COc1ccccc1F. The Hall–Kier alpha value is -3.68. The van der Waals surface area contributed by atoms with Gasteiger partial charge in [-0.2, -0.15) is 10.2 Å². The summed E-state index contributed by atoms with van der Waals surface area (Å²) in [5.41, 5.74) is 5.07. The lowest BCUT2D eigenvalue weighted by Crippen LogP contribution is -2.25. The van der Waals surface area contributed by atoms with Gasteiger partial charge in [0.25, 0.3) is 5.91 Å². The molecule has 0 atom stereocenters. The first-order valence-corrected chi connectivity index (χ1v) is 10.2. The van der Waals surface area contributed by atoms with Gasteiger partial charge in [-0.05, 0) is 44.0 Å². The number of anilines is 1. The van der Waals surface area contributed by atoms with Crippen molar-refractivity contribution in [1.29, 1.82) is 0 Å². The number of benzene rings is 2. The van der Waals surface area contributed by atoms with Crippen LogP contribution in [0.1, 0.15) is 24.1 Å². The molecule has 4 rings (SSSR count). The number of halogens is 1. The van der Waals surface area contributed by atoms with E-state index in [0.29, 0.717) is 0 Å². The van der Waals surface area contributed by atoms with Crippen molar-refractivity contribution in [3.05, 3.63) is 71.7 Å². The van der Waals surface area contributed by atoms with Crippen molar-refractivity contribution in [3.63, 3.8) is 0 Å². The summed E-state index contributed by atoms with van der Waals surface area (Å²) in [6, 6.07) is 15.9. The highest BCUT2D eigenvalue weighted by Gasteiger charge is 2.23. The second-order valence-corrected chi connectivity index (χ2v) is 7.28. The van der Waals surface area contributed by atoms with Gasteiger partial charge in [-0.1, -0.05) is 30.3 Å². The summed E-state index contributed by atoms with van der Waals surface area (Å²) in [5, 5.41) is 8.81. The van der Waals surface area contributed by atoms with Crippen LogP contribution >= 0.6 is 0 Å². The van der Waals surface area contributed by atoms with E-state index < -0.39 is 11.7 Å². The normalized spacial score (nSPS) is 13.7. The van der Waals surface area contributed by atoms with Crippen LogP contribution in [0.4, 0.5) is 10.2 Å². The highest BCUT2D eigenvalue weighted by molar-refractivity contribution is 5.90. The average Bonchev–Trinajstić information content (AvgIpc) is 3.42. The molecule has 31 heavy (non-hydrogen) atoms. The minimum atomic E-state index is -0.516. The second-order valence-electron chi connectivity index (χ2n) is 7.28. The van der Waals surface area contributed by atoms with Crippen molar-refractivity contribution in [3.8, 4) is 11.4 Å². The molecule has 1 N–H and O–H groups in total. The van der Waals surface area contributed by atoms with E-state index in [2.05, 4.69) is 15.4 Å². The zero-order chi connectivity index (χ0) is 21.6. The summed E-state index contributed by atoms with van der Waals surface area (Å²) in [6.07, 6.45) is 3.86. The fourth-order valence-corrected chi connectivity index (χ4v) is 3.57. The summed E-state index contributed by atoms with van der Waals surface area (Å²) in [5.74, 6) is -0.00641. The number of aryl methyl sites for hydroxylation is 1. The van der Waals surface area contributed by atoms with E-state index in [1.807, 2.05) is 41.9 Å². The van der Waals surface area contributed by atoms with Crippen LogP contribution in [0.2, 0.25) is 0 Å². The Morgan fingerprint density at radius 2 is 1.87 bits per heavy atom. The molecule has 1 aliphatic heterocycles. The van der Waals surface area contributed by atoms with Crippen LogP contribution in [0.25, 0.3) is 5.69 Å². The smallest absolute Gasteiger partial charge is 0.277 e. The van der Waals surface area contributed by atoms with Crippen molar-refractivity contribution in [2.45, 2.75) is 19.8 Å². The molecule has 0 saturated carbocycles. The van der Waals surface area contributed by atoms with Crippen LogP contribution in [0.5, 0.6) is 5.75 Å². The molecule has 0 aliphatic carbocycles. The summed E-state index contributed by atoms with van der Waals surface area (Å²) < 4.78 is 20.7. The molecule has 1 aromatic heterocycles. The molecule has 1 fully saturated rings. The molecule has 1 aliphatic rings. The second kappa shape index (κ2) is 9.42. The Morgan fingerprint density at radius 3 is 2.61 bits per heavy atom. The first-order chi connectivity index (χ1) is 15.1. The van der Waals surface area contributed by atoms with Crippen LogP contribution in [0.3, 0.4) is 0 Å². The molecule has 7 nitrogen and oxygen atoms in total. The van der Waals surface area contributed by atoms with Crippen molar-refractivity contribution >= 4 is 17.9 Å². The summed E-state index contributed by atoms with van der Waals surface area (Å²) in [7, 11) is 0. The highest BCUT2D eigenvalue weighted by Crippen LogP contribution is 2.28. The zero-order valence-electron chi connectivity index (χ0n) is 17.3. The van der Waals surface area contributed by atoms with Gasteiger partial charge < -0.3 is 9.64 Å². The third-order valence-electron chi connectivity index (χ3n) is 5.07. The number of hydrogen-bond donors (Lipinski definition) is 1. The van der Waals surface area contributed by atoms with Gasteiger partial charge in [0.15, 0.2) is 18.2 Å². The van der Waals surface area contributed by atoms with Gasteiger partial charge in [-0.15, -0.1) is 0 Å². The maximum absolute atomic E-state index is 13.6. The lowest BCUT2D eigenvalue weighted by Gasteiger charge is -2.20. The number of amides is 1. The predicted octanol–water partition coefficient (Wildman–Crippen LogP) is 3.45. The first kappa shape index (κ1) is 20.6. The number of nitrogens with zero attached hydrogens (tertiary/aromatic N) is 4. The minimum absolute atomic E-state index is 0.0259. The third-order valence-corrected chi connectivity index (χ3v) is 5.07. The van der Waals surface area contributed by atoms with Crippen LogP contribution in [0.15, 0.2) is 59.7 Å². The van der Waals surface area contributed by atoms with Crippen LogP contribution in [-0.4, -0.2) is 41.6 Å². The van der Waals surface area contributed by atoms with Crippen molar-refractivity contribution < 1.29 is 13.9 Å². The number of hydrazone groups is 1. The molecule has 2 aromatic carbocycles. The van der Waals surface area contributed by atoms with Gasteiger partial charge in [0.2, 0.25) is 0 Å². The van der Waals surface area contributed by atoms with E-state index >= 15 is 0 Å². The number of hydrogen-bond acceptors (Lipinski definition) is 5. The Bertz CT molecular complexity index is 1070. The Labute approximate surface area is 180 Å². The first-order valence-electron chi connectivity index (χ1n) is 10.2. The van der Waals surface area contributed by atoms with Gasteiger partial charge in [0.05, 0.1) is 23.2 Å². The Balaban J connectivity index is 1.50. The lowest BCUT2D eigenvalue weighted by molar-refractivity contribution is -0.123. The van der Waals surface area contributed by atoms with Gasteiger partial charge in [0.1, 0.15) is 5.82 Å². The molecular formula is C23H24FN5O2. The largest absolute Gasteiger partial charge is 0.481 e. The highest BCUT2D eigenvalue weighted by atomic mass is 19.1. The molecule has 2 heterocycles. The summed E-state index contributed by atoms with van der Waals surface area (Å²) in [4.78, 5) is 14.4. The number of nitrogens with one attached hydrogen (secondary N) is 1.